The summed E-state index contributed by atoms with van der Waals surface area (Å²) in [5.41, 5.74) is 1.71. The summed E-state index contributed by atoms with van der Waals surface area (Å²) in [6.45, 7) is 2.69. The Morgan fingerprint density at radius 3 is 2.78 bits per heavy atom. The molecule has 0 spiro atoms. The van der Waals surface area contributed by atoms with Gasteiger partial charge in [0.25, 0.3) is 6.20 Å². The van der Waals surface area contributed by atoms with Gasteiger partial charge in [0.15, 0.2) is 5.82 Å². The maximum atomic E-state index is 13.2. The van der Waals surface area contributed by atoms with E-state index in [1.165, 1.54) is 0 Å². The molecule has 2 saturated heterocycles. The molecule has 0 radical (unpaired) electrons. The number of anilines is 1. The number of rotatable bonds is 7. The van der Waals surface area contributed by atoms with Gasteiger partial charge in [0, 0.05) is 31.7 Å². The van der Waals surface area contributed by atoms with Crippen molar-refractivity contribution in [1.29, 1.82) is 0 Å². The van der Waals surface area contributed by atoms with Crippen LogP contribution >= 0.6 is 0 Å². The van der Waals surface area contributed by atoms with Crippen molar-refractivity contribution in [3.8, 4) is 5.75 Å². The summed E-state index contributed by atoms with van der Waals surface area (Å²) in [6.07, 6.45) is 5.75. The molecular weight excluding hydrogens is 414 g/mol. The molecular formula is C22H29N5O5. The molecule has 3 aliphatic rings. The fourth-order valence-electron chi connectivity index (χ4n) is 4.44. The molecule has 1 unspecified atom stereocenters. The maximum Gasteiger partial charge on any atom is 0.274 e. The summed E-state index contributed by atoms with van der Waals surface area (Å²) in [6, 6.07) is 4.88. The zero-order valence-corrected chi connectivity index (χ0v) is 18.0. The predicted molar refractivity (Wildman–Crippen MR) is 118 cm³/mol. The number of fused-ring (bicyclic) bond motifs is 1. The minimum Gasteiger partial charge on any atom is -0.493 e. The van der Waals surface area contributed by atoms with E-state index in [-0.39, 0.29) is 24.2 Å². The molecule has 0 bridgehead atoms. The number of nitrogens with one attached hydrogen (secondary N) is 2. The van der Waals surface area contributed by atoms with Crippen LogP contribution in [0.5, 0.6) is 5.75 Å². The maximum absolute atomic E-state index is 13.2. The van der Waals surface area contributed by atoms with E-state index >= 15 is 0 Å². The molecule has 2 amide bonds. The first-order valence-corrected chi connectivity index (χ1v) is 11.2. The molecule has 1 aromatic rings. The van der Waals surface area contributed by atoms with Crippen LogP contribution < -0.4 is 15.4 Å². The average Bonchev–Trinajstić information content (AvgIpc) is 3.42. The normalized spacial score (nSPS) is 21.1. The van der Waals surface area contributed by atoms with E-state index in [4.69, 9.17) is 4.74 Å². The molecule has 3 aliphatic heterocycles. The summed E-state index contributed by atoms with van der Waals surface area (Å²) < 4.78 is 5.51. The third-order valence-electron chi connectivity index (χ3n) is 6.10. The van der Waals surface area contributed by atoms with Crippen LogP contribution in [0.1, 0.15) is 37.7 Å². The quantitative estimate of drug-likeness (QED) is 0.487. The van der Waals surface area contributed by atoms with E-state index in [1.54, 1.807) is 15.9 Å². The third-order valence-corrected chi connectivity index (χ3v) is 6.10. The van der Waals surface area contributed by atoms with E-state index in [2.05, 4.69) is 10.6 Å². The highest BCUT2D eigenvalue weighted by atomic mass is 16.6. The molecule has 3 heterocycles. The molecule has 32 heavy (non-hydrogen) atoms. The molecule has 172 valence electrons. The third kappa shape index (κ3) is 5.30. The van der Waals surface area contributed by atoms with Crippen molar-refractivity contribution < 1.29 is 19.2 Å². The number of amides is 2. The Kier molecular flexibility index (Phi) is 6.77. The fourth-order valence-corrected chi connectivity index (χ4v) is 4.44. The molecule has 0 saturated carbocycles. The molecule has 0 aliphatic carbocycles. The van der Waals surface area contributed by atoms with Crippen molar-refractivity contribution in [2.45, 2.75) is 44.6 Å². The van der Waals surface area contributed by atoms with Gasteiger partial charge in [-0.1, -0.05) is 0 Å². The van der Waals surface area contributed by atoms with Crippen molar-refractivity contribution in [3.63, 3.8) is 0 Å². The second-order valence-electron chi connectivity index (χ2n) is 8.41. The lowest BCUT2D eigenvalue weighted by atomic mass is 10.1. The van der Waals surface area contributed by atoms with Crippen molar-refractivity contribution in [2.24, 2.45) is 0 Å². The van der Waals surface area contributed by atoms with Gasteiger partial charge in [0.2, 0.25) is 11.8 Å². The van der Waals surface area contributed by atoms with Gasteiger partial charge in [-0.05, 0) is 55.9 Å². The van der Waals surface area contributed by atoms with Crippen molar-refractivity contribution in [2.75, 3.05) is 38.1 Å². The van der Waals surface area contributed by atoms with Gasteiger partial charge in [-0.15, -0.1) is 0 Å². The molecule has 10 nitrogen and oxygen atoms in total. The lowest BCUT2D eigenvalue weighted by Crippen LogP contribution is -2.49. The van der Waals surface area contributed by atoms with E-state index < -0.39 is 11.0 Å². The SMILES string of the molecule is O=C(CN1CCCCC(NC(=C[N+](=O)[O-])Nc2ccc3c(c2)CCO3)C1=O)N1CCCC1. The Hall–Kier alpha value is -3.30. The summed E-state index contributed by atoms with van der Waals surface area (Å²) >= 11 is 0. The molecule has 0 aromatic heterocycles. The second kappa shape index (κ2) is 9.88. The highest BCUT2D eigenvalue weighted by Gasteiger charge is 2.31. The Labute approximate surface area is 186 Å². The van der Waals surface area contributed by atoms with Crippen LogP contribution in [0.2, 0.25) is 0 Å². The Bertz CT molecular complexity index is 912. The van der Waals surface area contributed by atoms with E-state index in [9.17, 15) is 19.7 Å². The van der Waals surface area contributed by atoms with Crippen LogP contribution in [0.25, 0.3) is 0 Å². The number of carbonyl (C=O) groups is 2. The fraction of sp³-hybridized carbons (Fsp3) is 0.545. The number of carbonyl (C=O) groups excluding carboxylic acids is 2. The van der Waals surface area contributed by atoms with E-state index in [1.807, 2.05) is 12.1 Å². The number of hydrogen-bond donors (Lipinski definition) is 2. The highest BCUT2D eigenvalue weighted by molar-refractivity contribution is 5.88. The number of hydrogen-bond acceptors (Lipinski definition) is 7. The van der Waals surface area contributed by atoms with Crippen molar-refractivity contribution in [3.05, 3.63) is 45.9 Å². The largest absolute Gasteiger partial charge is 0.493 e. The van der Waals surface area contributed by atoms with Crippen LogP contribution in [0.15, 0.2) is 30.2 Å². The van der Waals surface area contributed by atoms with Gasteiger partial charge in [-0.25, -0.2) is 0 Å². The van der Waals surface area contributed by atoms with E-state index in [0.29, 0.717) is 25.3 Å². The first-order valence-electron chi connectivity index (χ1n) is 11.2. The number of ether oxygens (including phenoxy) is 1. The minimum absolute atomic E-state index is 0.0314. The van der Waals surface area contributed by atoms with Crippen LogP contribution in [0, 0.1) is 10.1 Å². The van der Waals surface area contributed by atoms with Gasteiger partial charge >= 0.3 is 0 Å². The number of nitro groups is 1. The molecule has 2 N–H and O–H groups in total. The Morgan fingerprint density at radius 2 is 2.00 bits per heavy atom. The summed E-state index contributed by atoms with van der Waals surface area (Å²) in [5.74, 6) is 0.727. The Morgan fingerprint density at radius 1 is 1.22 bits per heavy atom. The zero-order valence-electron chi connectivity index (χ0n) is 18.0. The average molecular weight is 444 g/mol. The monoisotopic (exact) mass is 443 g/mol. The molecule has 10 heteroatoms. The summed E-state index contributed by atoms with van der Waals surface area (Å²) in [4.78, 5) is 39.8. The zero-order chi connectivity index (χ0) is 22.5. The molecule has 2 fully saturated rings. The number of benzene rings is 1. The van der Waals surface area contributed by atoms with Crippen LogP contribution in [-0.4, -0.2) is 65.4 Å². The molecule has 1 atom stereocenters. The first-order chi connectivity index (χ1) is 15.5. The van der Waals surface area contributed by atoms with Crippen LogP contribution in [-0.2, 0) is 16.0 Å². The van der Waals surface area contributed by atoms with Gasteiger partial charge in [-0.3, -0.25) is 19.7 Å². The number of likely N-dealkylation sites (tertiary alicyclic amines) is 2. The lowest BCUT2D eigenvalue weighted by molar-refractivity contribution is -0.403. The van der Waals surface area contributed by atoms with Gasteiger partial charge in [0.05, 0.1) is 18.1 Å². The predicted octanol–water partition coefficient (Wildman–Crippen LogP) is 1.70. The van der Waals surface area contributed by atoms with E-state index in [0.717, 1.165) is 62.7 Å². The summed E-state index contributed by atoms with van der Waals surface area (Å²) in [7, 11) is 0. The van der Waals surface area contributed by atoms with Gasteiger partial charge in [-0.2, -0.15) is 0 Å². The Balaban J connectivity index is 1.44. The van der Waals surface area contributed by atoms with Gasteiger partial charge in [0.1, 0.15) is 11.8 Å². The first kappa shape index (κ1) is 21.9. The lowest BCUT2D eigenvalue weighted by Gasteiger charge is -2.27. The number of nitrogens with zero attached hydrogens (tertiary/aromatic N) is 3. The standard InChI is InChI=1S/C22H29N5O5/c28-21(25-9-3-4-10-25)15-26-11-2-1-5-18(22(26)29)24-20(14-27(30)31)23-17-6-7-19-16(13-17)8-12-32-19/h6-7,13-14,18,23-24H,1-5,8-12,15H2. The second-order valence-corrected chi connectivity index (χ2v) is 8.41. The van der Waals surface area contributed by atoms with Crippen molar-refractivity contribution >= 4 is 17.5 Å². The van der Waals surface area contributed by atoms with Crippen molar-refractivity contribution in [1.82, 2.24) is 15.1 Å². The molecule has 4 rings (SSSR count). The molecule has 1 aromatic carbocycles. The van der Waals surface area contributed by atoms with Gasteiger partial charge < -0.3 is 25.2 Å². The highest BCUT2D eigenvalue weighted by Crippen LogP contribution is 2.28. The summed E-state index contributed by atoms with van der Waals surface area (Å²) in [5, 5.41) is 17.3. The van der Waals surface area contributed by atoms with Crippen LogP contribution in [0.4, 0.5) is 5.69 Å². The smallest absolute Gasteiger partial charge is 0.274 e. The topological polar surface area (TPSA) is 117 Å². The minimum atomic E-state index is -0.639. The van der Waals surface area contributed by atoms with Crippen LogP contribution in [0.3, 0.4) is 0 Å².